The van der Waals surface area contributed by atoms with Crippen LogP contribution in [-0.4, -0.2) is 12.3 Å². The first-order valence-corrected chi connectivity index (χ1v) is 4.58. The van der Waals surface area contributed by atoms with E-state index >= 15 is 0 Å². The van der Waals surface area contributed by atoms with Gasteiger partial charge in [0.05, 0.1) is 5.71 Å². The lowest BCUT2D eigenvalue weighted by Gasteiger charge is -2.05. The largest absolute Gasteiger partial charge is 0.325 e. The molecule has 2 nitrogen and oxygen atoms in total. The van der Waals surface area contributed by atoms with Crippen molar-refractivity contribution in [1.29, 1.82) is 5.41 Å². The summed E-state index contributed by atoms with van der Waals surface area (Å²) < 4.78 is 0. The topological polar surface area (TPSA) is 49.9 Å². The summed E-state index contributed by atoms with van der Waals surface area (Å²) in [6.07, 6.45) is 0. The van der Waals surface area contributed by atoms with E-state index in [2.05, 4.69) is 0 Å². The van der Waals surface area contributed by atoms with Gasteiger partial charge in [-0.3, -0.25) is 0 Å². The molecule has 14 heavy (non-hydrogen) atoms. The smallest absolute Gasteiger partial charge is 0.0528 e. The fourth-order valence-corrected chi connectivity index (χ4v) is 1.60. The van der Waals surface area contributed by atoms with Crippen molar-refractivity contribution >= 4 is 16.5 Å². The van der Waals surface area contributed by atoms with E-state index in [0.29, 0.717) is 5.71 Å². The summed E-state index contributed by atoms with van der Waals surface area (Å²) in [5.74, 6) is 0. The molecule has 0 spiro atoms. The van der Waals surface area contributed by atoms with Gasteiger partial charge in [0.25, 0.3) is 0 Å². The second-order valence-corrected chi connectivity index (χ2v) is 3.21. The third-order valence-corrected chi connectivity index (χ3v) is 2.32. The van der Waals surface area contributed by atoms with Crippen molar-refractivity contribution in [1.82, 2.24) is 0 Å². The third-order valence-electron chi connectivity index (χ3n) is 2.32. The molecule has 0 atom stereocenters. The number of rotatable bonds is 2. The summed E-state index contributed by atoms with van der Waals surface area (Å²) in [7, 11) is 0. The summed E-state index contributed by atoms with van der Waals surface area (Å²) in [5.41, 5.74) is 6.89. The normalized spacial score (nSPS) is 10.4. The van der Waals surface area contributed by atoms with Crippen molar-refractivity contribution in [2.45, 2.75) is 0 Å². The minimum absolute atomic E-state index is 0.286. The Balaban J connectivity index is 2.71. The van der Waals surface area contributed by atoms with Gasteiger partial charge in [0.15, 0.2) is 0 Å². The van der Waals surface area contributed by atoms with E-state index in [1.807, 2.05) is 42.5 Å². The predicted molar refractivity (Wildman–Crippen MR) is 59.8 cm³/mol. The number of fused-ring (bicyclic) bond motifs is 1. The molecule has 0 aliphatic rings. The van der Waals surface area contributed by atoms with Crippen LogP contribution in [0.5, 0.6) is 0 Å². The predicted octanol–water partition coefficient (Wildman–Crippen LogP) is 2.17. The monoisotopic (exact) mass is 184 g/mol. The van der Waals surface area contributed by atoms with E-state index < -0.39 is 0 Å². The molecule has 0 amide bonds. The summed E-state index contributed by atoms with van der Waals surface area (Å²) in [4.78, 5) is 0. The van der Waals surface area contributed by atoms with Crippen molar-refractivity contribution in [2.75, 3.05) is 6.54 Å². The highest BCUT2D eigenvalue weighted by Gasteiger charge is 2.03. The fourth-order valence-electron chi connectivity index (χ4n) is 1.60. The first-order chi connectivity index (χ1) is 6.83. The van der Waals surface area contributed by atoms with Gasteiger partial charge in [-0.05, 0) is 10.8 Å². The van der Waals surface area contributed by atoms with Crippen LogP contribution in [-0.2, 0) is 0 Å². The molecule has 70 valence electrons. The van der Waals surface area contributed by atoms with Crippen LogP contribution in [0, 0.1) is 5.41 Å². The molecule has 0 heterocycles. The van der Waals surface area contributed by atoms with Crippen molar-refractivity contribution in [3.63, 3.8) is 0 Å². The number of benzene rings is 2. The Morgan fingerprint density at radius 3 is 2.57 bits per heavy atom. The highest BCUT2D eigenvalue weighted by atomic mass is 14.6. The molecule has 2 rings (SSSR count). The molecular formula is C12H12N2. The van der Waals surface area contributed by atoms with Crippen LogP contribution >= 0.6 is 0 Å². The van der Waals surface area contributed by atoms with Gasteiger partial charge >= 0.3 is 0 Å². The van der Waals surface area contributed by atoms with E-state index in [1.165, 1.54) is 0 Å². The van der Waals surface area contributed by atoms with Gasteiger partial charge < -0.3 is 11.1 Å². The van der Waals surface area contributed by atoms with E-state index in [-0.39, 0.29) is 6.54 Å². The molecule has 0 fully saturated rings. The lowest BCUT2D eigenvalue weighted by Crippen LogP contribution is -2.13. The Hall–Kier alpha value is -1.67. The standard InChI is InChI=1S/C12H12N2/c13-8-12(14)11-7-3-5-9-4-1-2-6-10(9)11/h1-7,14H,8,13H2. The van der Waals surface area contributed by atoms with Crippen molar-refractivity contribution in [3.05, 3.63) is 48.0 Å². The maximum atomic E-state index is 7.74. The summed E-state index contributed by atoms with van der Waals surface area (Å²) in [5, 5.41) is 9.99. The number of hydrogen-bond acceptors (Lipinski definition) is 2. The second kappa shape index (κ2) is 3.60. The van der Waals surface area contributed by atoms with Crippen LogP contribution in [0.3, 0.4) is 0 Å². The Labute approximate surface area is 82.9 Å². The Kier molecular flexibility index (Phi) is 2.29. The van der Waals surface area contributed by atoms with Crippen molar-refractivity contribution in [2.24, 2.45) is 5.73 Å². The fraction of sp³-hybridized carbons (Fsp3) is 0.0833. The quantitative estimate of drug-likeness (QED) is 0.690. The second-order valence-electron chi connectivity index (χ2n) is 3.21. The Bertz CT molecular complexity index is 469. The Morgan fingerprint density at radius 2 is 1.79 bits per heavy atom. The molecular weight excluding hydrogens is 172 g/mol. The molecule has 2 aromatic carbocycles. The van der Waals surface area contributed by atoms with Crippen LogP contribution in [0.25, 0.3) is 10.8 Å². The lowest BCUT2D eigenvalue weighted by molar-refractivity contribution is 1.27. The highest BCUT2D eigenvalue weighted by molar-refractivity contribution is 6.10. The van der Waals surface area contributed by atoms with Gasteiger partial charge in [0.2, 0.25) is 0 Å². The highest BCUT2D eigenvalue weighted by Crippen LogP contribution is 2.18. The zero-order chi connectivity index (χ0) is 9.97. The molecule has 2 aromatic rings. The van der Waals surface area contributed by atoms with Gasteiger partial charge in [-0.25, -0.2) is 0 Å². The molecule has 3 N–H and O–H groups in total. The maximum absolute atomic E-state index is 7.74. The molecule has 0 aliphatic heterocycles. The number of hydrogen-bond donors (Lipinski definition) is 2. The third kappa shape index (κ3) is 1.40. The number of nitrogens with one attached hydrogen (secondary N) is 1. The molecule has 0 bridgehead atoms. The zero-order valence-corrected chi connectivity index (χ0v) is 7.83. The van der Waals surface area contributed by atoms with Crippen molar-refractivity contribution in [3.8, 4) is 0 Å². The lowest BCUT2D eigenvalue weighted by atomic mass is 10.0. The summed E-state index contributed by atoms with van der Waals surface area (Å²) >= 11 is 0. The van der Waals surface area contributed by atoms with Crippen molar-refractivity contribution < 1.29 is 0 Å². The van der Waals surface area contributed by atoms with Crippen LogP contribution in [0.2, 0.25) is 0 Å². The van der Waals surface area contributed by atoms with Gasteiger partial charge in [-0.1, -0.05) is 42.5 Å². The maximum Gasteiger partial charge on any atom is 0.0528 e. The van der Waals surface area contributed by atoms with E-state index in [1.54, 1.807) is 0 Å². The molecule has 0 saturated heterocycles. The SMILES string of the molecule is N=C(CN)c1cccc2ccccc12. The zero-order valence-electron chi connectivity index (χ0n) is 7.83. The van der Waals surface area contributed by atoms with Crippen LogP contribution < -0.4 is 5.73 Å². The summed E-state index contributed by atoms with van der Waals surface area (Å²) in [6.45, 7) is 0.286. The minimum Gasteiger partial charge on any atom is -0.325 e. The summed E-state index contributed by atoms with van der Waals surface area (Å²) in [6, 6.07) is 14.0. The van der Waals surface area contributed by atoms with Crippen LogP contribution in [0.15, 0.2) is 42.5 Å². The van der Waals surface area contributed by atoms with Crippen LogP contribution in [0.1, 0.15) is 5.56 Å². The number of nitrogens with two attached hydrogens (primary N) is 1. The van der Waals surface area contributed by atoms with E-state index in [4.69, 9.17) is 11.1 Å². The van der Waals surface area contributed by atoms with Crippen LogP contribution in [0.4, 0.5) is 0 Å². The molecule has 0 aromatic heterocycles. The molecule has 0 unspecified atom stereocenters. The van der Waals surface area contributed by atoms with Gasteiger partial charge in [-0.15, -0.1) is 0 Å². The van der Waals surface area contributed by atoms with Gasteiger partial charge in [-0.2, -0.15) is 0 Å². The average molecular weight is 184 g/mol. The average Bonchev–Trinajstić information content (AvgIpc) is 2.27. The first-order valence-electron chi connectivity index (χ1n) is 4.58. The molecule has 2 heteroatoms. The van der Waals surface area contributed by atoms with E-state index in [9.17, 15) is 0 Å². The molecule has 0 aliphatic carbocycles. The van der Waals surface area contributed by atoms with Gasteiger partial charge in [0, 0.05) is 12.1 Å². The Morgan fingerprint density at radius 1 is 1.07 bits per heavy atom. The minimum atomic E-state index is 0.286. The van der Waals surface area contributed by atoms with E-state index in [0.717, 1.165) is 16.3 Å². The molecule has 0 saturated carbocycles. The van der Waals surface area contributed by atoms with Gasteiger partial charge in [0.1, 0.15) is 0 Å². The molecule has 0 radical (unpaired) electrons. The first kappa shape index (κ1) is 8.91.